The third kappa shape index (κ3) is 2.84. The summed E-state index contributed by atoms with van der Waals surface area (Å²) in [6.07, 6.45) is -0.0134. The van der Waals surface area contributed by atoms with Crippen LogP contribution in [0.1, 0.15) is 30.5 Å². The summed E-state index contributed by atoms with van der Waals surface area (Å²) in [6.45, 7) is 8.07. The first-order chi connectivity index (χ1) is 11.4. The van der Waals surface area contributed by atoms with Crippen LogP contribution >= 0.6 is 0 Å². The van der Waals surface area contributed by atoms with E-state index in [0.29, 0.717) is 17.9 Å². The zero-order valence-electron chi connectivity index (χ0n) is 14.5. The van der Waals surface area contributed by atoms with E-state index < -0.39 is 6.10 Å². The predicted molar refractivity (Wildman–Crippen MR) is 94.8 cm³/mol. The molecule has 0 spiro atoms. The van der Waals surface area contributed by atoms with Gasteiger partial charge in [0.2, 0.25) is 0 Å². The van der Waals surface area contributed by atoms with Crippen LogP contribution in [0.2, 0.25) is 0 Å². The number of phenols is 1. The minimum Gasteiger partial charge on any atom is -0.508 e. The van der Waals surface area contributed by atoms with Crippen LogP contribution in [0.4, 0.5) is 5.69 Å². The molecule has 1 amide bonds. The van der Waals surface area contributed by atoms with E-state index in [0.717, 1.165) is 5.56 Å². The van der Waals surface area contributed by atoms with Crippen LogP contribution in [0.3, 0.4) is 0 Å². The summed E-state index contributed by atoms with van der Waals surface area (Å²) in [5.74, 6) is 0.698. The van der Waals surface area contributed by atoms with Gasteiger partial charge in [0.15, 0.2) is 6.10 Å². The second kappa shape index (κ2) is 6.19. The van der Waals surface area contributed by atoms with E-state index in [1.54, 1.807) is 23.1 Å². The van der Waals surface area contributed by atoms with Crippen LogP contribution in [0.15, 0.2) is 36.4 Å². The van der Waals surface area contributed by atoms with E-state index in [-0.39, 0.29) is 17.7 Å². The number of anilines is 1. The number of phenolic OH excluding ortho intramolecular Hbond substituents is 1. The molecule has 4 nitrogen and oxygen atoms in total. The molecule has 1 aliphatic heterocycles. The number of carbonyl (C=O) groups excluding carboxylic acids is 1. The minimum absolute atomic E-state index is 0.0111. The zero-order chi connectivity index (χ0) is 17.4. The number of hydrogen-bond acceptors (Lipinski definition) is 3. The third-order valence-electron chi connectivity index (χ3n) is 4.62. The Bertz CT molecular complexity index is 782. The van der Waals surface area contributed by atoms with Crippen molar-refractivity contribution >= 4 is 11.6 Å². The van der Waals surface area contributed by atoms with Gasteiger partial charge in [-0.25, -0.2) is 0 Å². The van der Waals surface area contributed by atoms with Crippen LogP contribution in [0.5, 0.6) is 11.5 Å². The molecule has 24 heavy (non-hydrogen) atoms. The highest BCUT2D eigenvalue weighted by atomic mass is 16.5. The maximum atomic E-state index is 13.0. The van der Waals surface area contributed by atoms with Crippen molar-refractivity contribution < 1.29 is 14.6 Å². The molecule has 0 bridgehead atoms. The molecule has 3 rings (SSSR count). The van der Waals surface area contributed by atoms with Crippen molar-refractivity contribution in [1.29, 1.82) is 0 Å². The first-order valence-corrected chi connectivity index (χ1v) is 8.26. The Labute approximate surface area is 142 Å². The highest BCUT2D eigenvalue weighted by Crippen LogP contribution is 2.38. The molecule has 0 aliphatic carbocycles. The third-order valence-corrected chi connectivity index (χ3v) is 4.62. The smallest absolute Gasteiger partial charge is 0.268 e. The summed E-state index contributed by atoms with van der Waals surface area (Å²) < 4.78 is 5.98. The largest absolute Gasteiger partial charge is 0.508 e. The lowest BCUT2D eigenvalue weighted by atomic mass is 9.97. The number of aromatic hydroxyl groups is 1. The fraction of sp³-hybridized carbons (Fsp3) is 0.350. The van der Waals surface area contributed by atoms with E-state index >= 15 is 0 Å². The molecule has 2 aromatic carbocycles. The minimum atomic E-state index is -0.551. The summed E-state index contributed by atoms with van der Waals surface area (Å²) in [5, 5.41) is 9.75. The molecule has 2 aromatic rings. The lowest BCUT2D eigenvalue weighted by Crippen LogP contribution is -2.50. The second-order valence-electron chi connectivity index (χ2n) is 6.62. The zero-order valence-corrected chi connectivity index (χ0v) is 14.5. The molecule has 1 aliphatic rings. The van der Waals surface area contributed by atoms with Gasteiger partial charge in [-0.3, -0.25) is 4.79 Å². The van der Waals surface area contributed by atoms with Gasteiger partial charge in [-0.1, -0.05) is 18.2 Å². The van der Waals surface area contributed by atoms with Crippen LogP contribution in [0, 0.1) is 13.8 Å². The first-order valence-electron chi connectivity index (χ1n) is 8.26. The quantitative estimate of drug-likeness (QED) is 0.935. The summed E-state index contributed by atoms with van der Waals surface area (Å²) in [6, 6.07) is 11.0. The number of amides is 1. The first kappa shape index (κ1) is 16.4. The monoisotopic (exact) mass is 325 g/mol. The molecule has 0 saturated carbocycles. The summed E-state index contributed by atoms with van der Waals surface area (Å²) in [5.41, 5.74) is 4.16. The van der Waals surface area contributed by atoms with E-state index in [2.05, 4.69) is 19.9 Å². The lowest BCUT2D eigenvalue weighted by molar-refractivity contribution is -0.126. The standard InChI is InChI=1S/C20H23NO3/c1-12(2)21-17-11-16(22)8-9-18(17)24-19(20(21)23)10-15-7-5-6-13(3)14(15)4/h5-9,11-12,19,22H,10H2,1-4H3. The SMILES string of the molecule is Cc1cccc(CC2Oc3ccc(O)cc3N(C(C)C)C2=O)c1C. The van der Waals surface area contributed by atoms with Crippen LogP contribution in [-0.4, -0.2) is 23.2 Å². The number of rotatable bonds is 3. The Morgan fingerprint density at radius 2 is 1.96 bits per heavy atom. The molecule has 0 radical (unpaired) electrons. The molecule has 4 heteroatoms. The fourth-order valence-corrected chi connectivity index (χ4v) is 3.17. The van der Waals surface area contributed by atoms with Gasteiger partial charge in [-0.15, -0.1) is 0 Å². The number of benzene rings is 2. The van der Waals surface area contributed by atoms with E-state index in [9.17, 15) is 9.90 Å². The topological polar surface area (TPSA) is 49.8 Å². The van der Waals surface area contributed by atoms with Gasteiger partial charge in [-0.2, -0.15) is 0 Å². The van der Waals surface area contributed by atoms with Gasteiger partial charge < -0.3 is 14.7 Å². The highest BCUT2D eigenvalue weighted by Gasteiger charge is 2.36. The summed E-state index contributed by atoms with van der Waals surface area (Å²) in [7, 11) is 0. The summed E-state index contributed by atoms with van der Waals surface area (Å²) in [4.78, 5) is 14.7. The van der Waals surface area contributed by atoms with Gasteiger partial charge in [0.1, 0.15) is 11.5 Å². The average Bonchev–Trinajstić information content (AvgIpc) is 2.52. The fourth-order valence-electron chi connectivity index (χ4n) is 3.17. The van der Waals surface area contributed by atoms with Crippen molar-refractivity contribution in [3.63, 3.8) is 0 Å². The molecule has 0 aromatic heterocycles. The van der Waals surface area contributed by atoms with E-state index in [4.69, 9.17) is 4.74 Å². The van der Waals surface area contributed by atoms with Crippen molar-refractivity contribution in [3.05, 3.63) is 53.1 Å². The normalized spacial score (nSPS) is 17.0. The molecular weight excluding hydrogens is 302 g/mol. The van der Waals surface area contributed by atoms with Crippen molar-refractivity contribution in [2.75, 3.05) is 4.90 Å². The van der Waals surface area contributed by atoms with E-state index in [1.807, 2.05) is 26.0 Å². The van der Waals surface area contributed by atoms with Crippen LogP contribution in [-0.2, 0) is 11.2 Å². The van der Waals surface area contributed by atoms with Gasteiger partial charge in [0.25, 0.3) is 5.91 Å². The highest BCUT2D eigenvalue weighted by molar-refractivity contribution is 6.00. The summed E-state index contributed by atoms with van der Waals surface area (Å²) >= 11 is 0. The Morgan fingerprint density at radius 1 is 1.21 bits per heavy atom. The van der Waals surface area contributed by atoms with Crippen LogP contribution < -0.4 is 9.64 Å². The van der Waals surface area contributed by atoms with E-state index in [1.165, 1.54) is 11.1 Å². The lowest BCUT2D eigenvalue weighted by Gasteiger charge is -2.37. The molecule has 1 heterocycles. The molecular formula is C20H23NO3. The molecule has 1 unspecified atom stereocenters. The van der Waals surface area contributed by atoms with Crippen molar-refractivity contribution in [2.45, 2.75) is 46.3 Å². The Hall–Kier alpha value is -2.49. The molecule has 1 atom stereocenters. The Kier molecular flexibility index (Phi) is 4.22. The molecule has 1 N–H and O–H groups in total. The molecule has 126 valence electrons. The van der Waals surface area contributed by atoms with Gasteiger partial charge in [0, 0.05) is 18.5 Å². The van der Waals surface area contributed by atoms with Gasteiger partial charge in [-0.05, 0) is 56.5 Å². The van der Waals surface area contributed by atoms with Crippen LogP contribution in [0.25, 0.3) is 0 Å². The van der Waals surface area contributed by atoms with Gasteiger partial charge >= 0.3 is 0 Å². The number of carbonyl (C=O) groups is 1. The Morgan fingerprint density at radius 3 is 2.67 bits per heavy atom. The Balaban J connectivity index is 1.97. The number of hydrogen-bond donors (Lipinski definition) is 1. The number of fused-ring (bicyclic) bond motifs is 1. The van der Waals surface area contributed by atoms with Crippen molar-refractivity contribution in [3.8, 4) is 11.5 Å². The maximum Gasteiger partial charge on any atom is 0.268 e. The number of aryl methyl sites for hydroxylation is 1. The molecule has 0 fully saturated rings. The molecule has 0 saturated heterocycles. The van der Waals surface area contributed by atoms with Crippen molar-refractivity contribution in [2.24, 2.45) is 0 Å². The van der Waals surface area contributed by atoms with Crippen molar-refractivity contribution in [1.82, 2.24) is 0 Å². The second-order valence-corrected chi connectivity index (χ2v) is 6.62. The average molecular weight is 325 g/mol. The predicted octanol–water partition coefficient (Wildman–Crippen LogP) is 3.75. The maximum absolute atomic E-state index is 13.0. The number of nitrogens with zero attached hydrogens (tertiary/aromatic N) is 1. The number of ether oxygens (including phenoxy) is 1. The van der Waals surface area contributed by atoms with Gasteiger partial charge in [0.05, 0.1) is 5.69 Å².